The fourth-order valence-electron chi connectivity index (χ4n) is 1.45. The lowest BCUT2D eigenvalue weighted by molar-refractivity contribution is 0.475. The second-order valence-corrected chi connectivity index (χ2v) is 4.59. The smallest absolute Gasteiger partial charge is 0.143 e. The van der Waals surface area contributed by atoms with Crippen LogP contribution in [-0.2, 0) is 0 Å². The molecule has 0 bridgehead atoms. The van der Waals surface area contributed by atoms with Crippen molar-refractivity contribution in [3.63, 3.8) is 0 Å². The molecule has 0 spiro atoms. The summed E-state index contributed by atoms with van der Waals surface area (Å²) < 4.78 is 0. The summed E-state index contributed by atoms with van der Waals surface area (Å²) in [4.78, 5) is 4.18. The van der Waals surface area contributed by atoms with Gasteiger partial charge in [0, 0.05) is 16.8 Å². The van der Waals surface area contributed by atoms with E-state index < -0.39 is 0 Å². The summed E-state index contributed by atoms with van der Waals surface area (Å²) in [6.45, 7) is 0. The molecule has 2 aromatic rings. The van der Waals surface area contributed by atoms with Gasteiger partial charge in [0.1, 0.15) is 5.75 Å². The molecule has 0 fully saturated rings. The molecule has 0 aliphatic carbocycles. The van der Waals surface area contributed by atoms with Crippen molar-refractivity contribution >= 4 is 35.1 Å². The SMILES string of the molecule is N#Cc1ccc(N=Cc2cc(Cl)cc(Cl)c2O)cc1. The van der Waals surface area contributed by atoms with Crippen molar-refractivity contribution in [3.05, 3.63) is 57.6 Å². The number of nitrogens with zero attached hydrogens (tertiary/aromatic N) is 2. The fourth-order valence-corrected chi connectivity index (χ4v) is 1.96. The summed E-state index contributed by atoms with van der Waals surface area (Å²) >= 11 is 11.7. The van der Waals surface area contributed by atoms with Gasteiger partial charge in [-0.1, -0.05) is 23.2 Å². The summed E-state index contributed by atoms with van der Waals surface area (Å²) in [5, 5.41) is 19.0. The molecule has 0 amide bonds. The van der Waals surface area contributed by atoms with Gasteiger partial charge in [0.05, 0.1) is 22.3 Å². The monoisotopic (exact) mass is 290 g/mol. The van der Waals surface area contributed by atoms with E-state index in [1.807, 2.05) is 6.07 Å². The molecule has 2 rings (SSSR count). The minimum absolute atomic E-state index is 0.0662. The molecule has 2 aromatic carbocycles. The van der Waals surface area contributed by atoms with Crippen LogP contribution in [0.15, 0.2) is 41.4 Å². The predicted molar refractivity (Wildman–Crippen MR) is 76.5 cm³/mol. The highest BCUT2D eigenvalue weighted by molar-refractivity contribution is 6.36. The highest BCUT2D eigenvalue weighted by Crippen LogP contribution is 2.30. The third-order valence-corrected chi connectivity index (χ3v) is 2.91. The number of hydrogen-bond donors (Lipinski definition) is 1. The van der Waals surface area contributed by atoms with Gasteiger partial charge in [-0.15, -0.1) is 0 Å². The lowest BCUT2D eigenvalue weighted by Crippen LogP contribution is -1.84. The summed E-state index contributed by atoms with van der Waals surface area (Å²) in [7, 11) is 0. The van der Waals surface area contributed by atoms with E-state index in [0.717, 1.165) is 0 Å². The standard InChI is InChI=1S/C14H8Cl2N2O/c15-11-5-10(14(19)13(16)6-11)8-18-12-3-1-9(7-17)2-4-12/h1-6,8,19H. The van der Waals surface area contributed by atoms with Crippen molar-refractivity contribution in [1.29, 1.82) is 5.26 Å². The number of hydrogen-bond acceptors (Lipinski definition) is 3. The number of aromatic hydroxyl groups is 1. The van der Waals surface area contributed by atoms with Crippen molar-refractivity contribution in [1.82, 2.24) is 0 Å². The third-order valence-electron chi connectivity index (χ3n) is 2.41. The molecule has 0 aliphatic heterocycles. The molecule has 0 aliphatic rings. The highest BCUT2D eigenvalue weighted by Gasteiger charge is 2.05. The van der Waals surface area contributed by atoms with E-state index in [2.05, 4.69) is 4.99 Å². The van der Waals surface area contributed by atoms with Crippen molar-refractivity contribution in [2.45, 2.75) is 0 Å². The molecule has 3 nitrogen and oxygen atoms in total. The number of phenolic OH excluding ortho intramolecular Hbond substituents is 1. The number of aliphatic imine (C=N–C) groups is 1. The molecule has 0 aromatic heterocycles. The van der Waals surface area contributed by atoms with Crippen molar-refractivity contribution < 1.29 is 5.11 Å². The molecule has 19 heavy (non-hydrogen) atoms. The molecule has 5 heteroatoms. The number of phenols is 1. The molecular weight excluding hydrogens is 283 g/mol. The number of benzene rings is 2. The first-order chi connectivity index (χ1) is 9.10. The normalized spacial score (nSPS) is 10.6. The van der Waals surface area contributed by atoms with Gasteiger partial charge in [-0.05, 0) is 36.4 Å². The topological polar surface area (TPSA) is 56.4 Å². The van der Waals surface area contributed by atoms with Crippen LogP contribution >= 0.6 is 23.2 Å². The van der Waals surface area contributed by atoms with E-state index in [-0.39, 0.29) is 10.8 Å². The fraction of sp³-hybridized carbons (Fsp3) is 0. The van der Waals surface area contributed by atoms with Gasteiger partial charge < -0.3 is 5.11 Å². The first-order valence-corrected chi connectivity index (χ1v) is 6.08. The van der Waals surface area contributed by atoms with Crippen molar-refractivity contribution in [3.8, 4) is 11.8 Å². The van der Waals surface area contributed by atoms with E-state index in [0.29, 0.717) is 21.8 Å². The summed E-state index contributed by atoms with van der Waals surface area (Å²) in [5.41, 5.74) is 1.66. The number of rotatable bonds is 2. The largest absolute Gasteiger partial charge is 0.506 e. The van der Waals surface area contributed by atoms with E-state index in [4.69, 9.17) is 28.5 Å². The number of nitriles is 1. The van der Waals surface area contributed by atoms with Crippen LogP contribution in [0.3, 0.4) is 0 Å². The van der Waals surface area contributed by atoms with Gasteiger partial charge in [-0.2, -0.15) is 5.26 Å². The molecule has 0 saturated carbocycles. The van der Waals surface area contributed by atoms with E-state index >= 15 is 0 Å². The Morgan fingerprint density at radius 3 is 2.47 bits per heavy atom. The molecule has 0 unspecified atom stereocenters. The molecule has 0 radical (unpaired) electrons. The van der Waals surface area contributed by atoms with Crippen molar-refractivity contribution in [2.75, 3.05) is 0 Å². The van der Waals surface area contributed by atoms with Crippen molar-refractivity contribution in [2.24, 2.45) is 4.99 Å². The Labute approximate surface area is 120 Å². The Bertz CT molecular complexity index is 673. The lowest BCUT2D eigenvalue weighted by Gasteiger charge is -2.02. The zero-order valence-corrected chi connectivity index (χ0v) is 11.2. The maximum atomic E-state index is 9.76. The van der Waals surface area contributed by atoms with Crippen LogP contribution in [0.1, 0.15) is 11.1 Å². The average molecular weight is 291 g/mol. The zero-order chi connectivity index (χ0) is 13.8. The van der Waals surface area contributed by atoms with Crippen LogP contribution in [0.2, 0.25) is 10.0 Å². The van der Waals surface area contributed by atoms with Gasteiger partial charge in [-0.3, -0.25) is 4.99 Å². The molecule has 0 heterocycles. The maximum Gasteiger partial charge on any atom is 0.143 e. The summed E-state index contributed by atoms with van der Waals surface area (Å²) in [6, 6.07) is 11.8. The summed E-state index contributed by atoms with van der Waals surface area (Å²) in [5.74, 6) is -0.0662. The second-order valence-electron chi connectivity index (χ2n) is 3.74. The van der Waals surface area contributed by atoms with Gasteiger partial charge in [0.15, 0.2) is 0 Å². The van der Waals surface area contributed by atoms with Crippen LogP contribution in [0.25, 0.3) is 0 Å². The van der Waals surface area contributed by atoms with Crippen LogP contribution < -0.4 is 0 Å². The lowest BCUT2D eigenvalue weighted by atomic mass is 10.2. The second kappa shape index (κ2) is 5.75. The average Bonchev–Trinajstić information content (AvgIpc) is 2.41. The first-order valence-electron chi connectivity index (χ1n) is 5.32. The minimum Gasteiger partial charge on any atom is -0.506 e. The van der Waals surface area contributed by atoms with E-state index in [9.17, 15) is 5.11 Å². The molecule has 0 saturated heterocycles. The molecule has 94 valence electrons. The maximum absolute atomic E-state index is 9.76. The zero-order valence-electron chi connectivity index (χ0n) is 9.64. The quantitative estimate of drug-likeness (QED) is 0.838. The van der Waals surface area contributed by atoms with Gasteiger partial charge in [0.2, 0.25) is 0 Å². The first kappa shape index (κ1) is 13.4. The predicted octanol–water partition coefficient (Wildman–Crippen LogP) is 4.32. The Hall–Kier alpha value is -2.02. The Morgan fingerprint density at radius 2 is 1.84 bits per heavy atom. The van der Waals surface area contributed by atoms with Crippen LogP contribution in [0, 0.1) is 11.3 Å². The minimum atomic E-state index is -0.0662. The Balaban J connectivity index is 2.30. The number of halogens is 2. The van der Waals surface area contributed by atoms with Gasteiger partial charge in [-0.25, -0.2) is 0 Å². The van der Waals surface area contributed by atoms with Crippen LogP contribution in [-0.4, -0.2) is 11.3 Å². The van der Waals surface area contributed by atoms with E-state index in [1.54, 1.807) is 30.3 Å². The molecular formula is C14H8Cl2N2O. The highest BCUT2D eigenvalue weighted by atomic mass is 35.5. The van der Waals surface area contributed by atoms with Crippen LogP contribution in [0.4, 0.5) is 5.69 Å². The van der Waals surface area contributed by atoms with E-state index in [1.165, 1.54) is 12.3 Å². The molecule has 0 atom stereocenters. The summed E-state index contributed by atoms with van der Waals surface area (Å²) in [6.07, 6.45) is 1.47. The Kier molecular flexibility index (Phi) is 4.06. The molecule has 1 N–H and O–H groups in total. The third kappa shape index (κ3) is 3.25. The van der Waals surface area contributed by atoms with Gasteiger partial charge in [0.25, 0.3) is 0 Å². The van der Waals surface area contributed by atoms with Crippen LogP contribution in [0.5, 0.6) is 5.75 Å². The van der Waals surface area contributed by atoms with Gasteiger partial charge >= 0.3 is 0 Å². The Morgan fingerprint density at radius 1 is 1.16 bits per heavy atom.